The second-order valence-corrected chi connectivity index (χ2v) is 5.60. The number of tetrazole rings is 1. The van der Waals surface area contributed by atoms with Crippen molar-refractivity contribution < 1.29 is 23.1 Å². The summed E-state index contributed by atoms with van der Waals surface area (Å²) in [4.78, 5) is 25.9. The van der Waals surface area contributed by atoms with E-state index in [9.17, 15) is 18.4 Å². The number of alkyl halides is 2. The number of aryl methyl sites for hydroxylation is 1. The zero-order valence-corrected chi connectivity index (χ0v) is 15.5. The van der Waals surface area contributed by atoms with Crippen LogP contribution in [0.4, 0.5) is 20.4 Å². The predicted molar refractivity (Wildman–Crippen MR) is 93.2 cm³/mol. The molecule has 2 aromatic rings. The first-order valence-corrected chi connectivity index (χ1v) is 8.29. The van der Waals surface area contributed by atoms with E-state index in [1.165, 1.54) is 22.7 Å². The summed E-state index contributed by atoms with van der Waals surface area (Å²) in [6.45, 7) is 0.280. The molecule has 2 amide bonds. The van der Waals surface area contributed by atoms with Crippen LogP contribution in [0.3, 0.4) is 0 Å². The van der Waals surface area contributed by atoms with Crippen molar-refractivity contribution in [1.29, 1.82) is 0 Å². The van der Waals surface area contributed by atoms with Gasteiger partial charge >= 0.3 is 6.61 Å². The first kappa shape index (κ1) is 20.5. The van der Waals surface area contributed by atoms with Crippen molar-refractivity contribution in [3.63, 3.8) is 0 Å². The summed E-state index contributed by atoms with van der Waals surface area (Å²) in [5.74, 6) is -1.30. The average Bonchev–Trinajstić information content (AvgIpc) is 3.01. The van der Waals surface area contributed by atoms with Crippen LogP contribution >= 0.6 is 11.6 Å². The Balaban J connectivity index is 2.51. The minimum atomic E-state index is -3.13. The van der Waals surface area contributed by atoms with E-state index in [4.69, 9.17) is 11.6 Å². The largest absolute Gasteiger partial charge is 0.433 e. The smallest absolute Gasteiger partial charge is 0.387 e. The third kappa shape index (κ3) is 4.48. The van der Waals surface area contributed by atoms with E-state index in [1.807, 2.05) is 0 Å². The van der Waals surface area contributed by atoms with Crippen LogP contribution in [-0.2, 0) is 11.8 Å². The Morgan fingerprint density at radius 3 is 2.59 bits per heavy atom. The molecule has 0 fully saturated rings. The number of ether oxygens (including phenoxy) is 1. The van der Waals surface area contributed by atoms with Gasteiger partial charge in [-0.05, 0) is 29.5 Å². The fraction of sp³-hybridized carbons (Fsp3) is 0.400. The minimum absolute atomic E-state index is 0.0568. The number of hydrogen-bond donors (Lipinski definition) is 1. The summed E-state index contributed by atoms with van der Waals surface area (Å²) in [5, 5.41) is 12.8. The lowest BCUT2D eigenvalue weighted by Crippen LogP contribution is -2.31. The first-order chi connectivity index (χ1) is 12.8. The first-order valence-electron chi connectivity index (χ1n) is 7.91. The van der Waals surface area contributed by atoms with Crippen molar-refractivity contribution >= 4 is 35.1 Å². The molecule has 146 valence electrons. The normalized spacial score (nSPS) is 10.8. The molecular formula is C15H17ClF2N6O3. The number of hydrogen-bond acceptors (Lipinski definition) is 6. The van der Waals surface area contributed by atoms with Crippen molar-refractivity contribution in [2.75, 3.05) is 16.8 Å². The molecule has 1 N–H and O–H groups in total. The third-order valence-corrected chi connectivity index (χ3v) is 3.96. The fourth-order valence-corrected chi connectivity index (χ4v) is 2.66. The topological polar surface area (TPSA) is 102 Å². The van der Waals surface area contributed by atoms with Crippen molar-refractivity contribution in [1.82, 2.24) is 20.2 Å². The molecule has 1 aromatic heterocycles. The summed E-state index contributed by atoms with van der Waals surface area (Å²) < 4.78 is 31.2. The Morgan fingerprint density at radius 2 is 2.07 bits per heavy atom. The Kier molecular flexibility index (Phi) is 6.61. The van der Waals surface area contributed by atoms with Gasteiger partial charge in [-0.1, -0.05) is 23.6 Å². The van der Waals surface area contributed by atoms with Crippen molar-refractivity contribution in [3.05, 3.63) is 22.7 Å². The zero-order valence-electron chi connectivity index (χ0n) is 14.7. The van der Waals surface area contributed by atoms with Gasteiger partial charge in [0.2, 0.25) is 11.9 Å². The number of nitrogens with zero attached hydrogens (tertiary/aromatic N) is 5. The standard InChI is InChI=1S/C15H17ClF2N6O3/c1-4-10(25)24(5-2)12-9(27-14(17)18)7-6-8(11(12)16)13(26)19-15-20-21-22-23(15)3/h6-7,14H,4-5H2,1-3H3,(H,19,20,22,26). The van der Waals surface area contributed by atoms with Gasteiger partial charge in [0.1, 0.15) is 5.69 Å². The highest BCUT2D eigenvalue weighted by atomic mass is 35.5. The van der Waals surface area contributed by atoms with Gasteiger partial charge in [0.05, 0.1) is 10.6 Å². The van der Waals surface area contributed by atoms with Crippen LogP contribution in [0.1, 0.15) is 30.6 Å². The van der Waals surface area contributed by atoms with Gasteiger partial charge in [-0.25, -0.2) is 4.68 Å². The van der Waals surface area contributed by atoms with Gasteiger partial charge in [0.15, 0.2) is 5.75 Å². The number of carbonyl (C=O) groups is 2. The Morgan fingerprint density at radius 1 is 1.37 bits per heavy atom. The maximum absolute atomic E-state index is 12.8. The monoisotopic (exact) mass is 402 g/mol. The zero-order chi connectivity index (χ0) is 20.1. The molecule has 0 atom stereocenters. The lowest BCUT2D eigenvalue weighted by molar-refractivity contribution is -0.118. The molecule has 0 saturated carbocycles. The van der Waals surface area contributed by atoms with E-state index >= 15 is 0 Å². The van der Waals surface area contributed by atoms with Crippen LogP contribution in [0.15, 0.2) is 12.1 Å². The van der Waals surface area contributed by atoms with Crippen LogP contribution in [0.5, 0.6) is 5.75 Å². The number of aromatic nitrogens is 4. The van der Waals surface area contributed by atoms with Gasteiger partial charge in [-0.3, -0.25) is 14.9 Å². The number of amides is 2. The lowest BCUT2D eigenvalue weighted by atomic mass is 10.1. The average molecular weight is 403 g/mol. The molecule has 27 heavy (non-hydrogen) atoms. The van der Waals surface area contributed by atoms with E-state index in [2.05, 4.69) is 25.6 Å². The number of rotatable bonds is 7. The molecule has 0 radical (unpaired) electrons. The molecule has 0 spiro atoms. The second kappa shape index (κ2) is 8.71. The van der Waals surface area contributed by atoms with Gasteiger partial charge in [0, 0.05) is 20.0 Å². The minimum Gasteiger partial charge on any atom is -0.433 e. The molecule has 12 heteroatoms. The molecule has 0 unspecified atom stereocenters. The number of anilines is 2. The van der Waals surface area contributed by atoms with Crippen LogP contribution in [0.25, 0.3) is 0 Å². The molecule has 9 nitrogen and oxygen atoms in total. The van der Waals surface area contributed by atoms with E-state index in [0.717, 1.165) is 6.07 Å². The molecule has 0 aliphatic rings. The molecule has 2 rings (SSSR count). The Bertz CT molecular complexity index is 845. The number of nitrogens with one attached hydrogen (secondary N) is 1. The van der Waals surface area contributed by atoms with E-state index in [0.29, 0.717) is 0 Å². The summed E-state index contributed by atoms with van der Waals surface area (Å²) in [5.41, 5.74) is -0.159. The molecule has 0 aliphatic carbocycles. The number of carbonyl (C=O) groups excluding carboxylic acids is 2. The Hall–Kier alpha value is -2.82. The highest BCUT2D eigenvalue weighted by Gasteiger charge is 2.26. The predicted octanol–water partition coefficient (Wildman–Crippen LogP) is 2.48. The maximum Gasteiger partial charge on any atom is 0.387 e. The van der Waals surface area contributed by atoms with E-state index in [1.54, 1.807) is 13.8 Å². The number of benzene rings is 1. The fourth-order valence-electron chi connectivity index (χ4n) is 2.32. The molecule has 0 saturated heterocycles. The van der Waals surface area contributed by atoms with E-state index < -0.39 is 12.5 Å². The van der Waals surface area contributed by atoms with E-state index in [-0.39, 0.29) is 46.8 Å². The van der Waals surface area contributed by atoms with Crippen molar-refractivity contribution in [3.8, 4) is 5.75 Å². The highest BCUT2D eigenvalue weighted by molar-refractivity contribution is 6.38. The van der Waals surface area contributed by atoms with Gasteiger partial charge in [0.25, 0.3) is 5.91 Å². The van der Waals surface area contributed by atoms with Gasteiger partial charge in [-0.2, -0.15) is 8.78 Å². The van der Waals surface area contributed by atoms with Crippen molar-refractivity contribution in [2.45, 2.75) is 26.9 Å². The van der Waals surface area contributed by atoms with Gasteiger partial charge in [-0.15, -0.1) is 0 Å². The molecule has 0 aliphatic heterocycles. The lowest BCUT2D eigenvalue weighted by Gasteiger charge is -2.25. The summed E-state index contributed by atoms with van der Waals surface area (Å²) in [6, 6.07) is 2.37. The van der Waals surface area contributed by atoms with Crippen molar-refractivity contribution in [2.24, 2.45) is 7.05 Å². The molecule has 0 bridgehead atoms. The molecule has 1 heterocycles. The Labute approximate surface area is 158 Å². The third-order valence-electron chi connectivity index (χ3n) is 3.57. The van der Waals surface area contributed by atoms with Crippen LogP contribution < -0.4 is 15.0 Å². The van der Waals surface area contributed by atoms with Gasteiger partial charge < -0.3 is 9.64 Å². The second-order valence-electron chi connectivity index (χ2n) is 5.22. The van der Waals surface area contributed by atoms with Crippen LogP contribution in [0.2, 0.25) is 5.02 Å². The highest BCUT2D eigenvalue weighted by Crippen LogP contribution is 2.39. The summed E-state index contributed by atoms with van der Waals surface area (Å²) in [6.07, 6.45) is 0.110. The maximum atomic E-state index is 12.8. The summed E-state index contributed by atoms with van der Waals surface area (Å²) >= 11 is 6.31. The molecular weight excluding hydrogens is 386 g/mol. The molecule has 1 aromatic carbocycles. The quantitative estimate of drug-likeness (QED) is 0.763. The number of halogens is 3. The summed E-state index contributed by atoms with van der Waals surface area (Å²) in [7, 11) is 1.51. The van der Waals surface area contributed by atoms with Crippen LogP contribution in [-0.4, -0.2) is 45.2 Å². The SMILES string of the molecule is CCC(=O)N(CC)c1c(OC(F)F)ccc(C(=O)Nc2nnnn2C)c1Cl. The van der Waals surface area contributed by atoms with Crippen LogP contribution in [0, 0.1) is 0 Å².